The number of hydrogen-bond acceptors (Lipinski definition) is 4. The Labute approximate surface area is 153 Å². The molecule has 3 heterocycles. The summed E-state index contributed by atoms with van der Waals surface area (Å²) in [6.45, 7) is 7.92. The van der Waals surface area contributed by atoms with Crippen LogP contribution in [0.5, 0.6) is 0 Å². The number of aromatic amines is 1. The zero-order valence-electron chi connectivity index (χ0n) is 16.1. The molecule has 1 amide bonds. The highest BCUT2D eigenvalue weighted by molar-refractivity contribution is 5.76. The Bertz CT molecular complexity index is 827. The zero-order chi connectivity index (χ0) is 18.8. The molecular weight excluding hydrogens is 332 g/mol. The van der Waals surface area contributed by atoms with Gasteiger partial charge in [0.15, 0.2) is 0 Å². The summed E-state index contributed by atoms with van der Waals surface area (Å²) in [6, 6.07) is 0. The van der Waals surface area contributed by atoms with Gasteiger partial charge in [-0.3, -0.25) is 14.5 Å². The fourth-order valence-electron chi connectivity index (χ4n) is 3.87. The lowest BCUT2D eigenvalue weighted by atomic mass is 9.96. The van der Waals surface area contributed by atoms with Crippen molar-refractivity contribution in [1.82, 2.24) is 29.4 Å². The summed E-state index contributed by atoms with van der Waals surface area (Å²) < 4.78 is 3.11. The van der Waals surface area contributed by atoms with Crippen molar-refractivity contribution in [2.75, 3.05) is 13.1 Å². The molecule has 2 aromatic heterocycles. The number of nitrogens with one attached hydrogen (secondary N) is 1. The van der Waals surface area contributed by atoms with E-state index in [2.05, 4.69) is 15.3 Å². The fraction of sp³-hybridized carbons (Fsp3) is 0.667. The molecule has 142 valence electrons. The third kappa shape index (κ3) is 3.45. The third-order valence-electron chi connectivity index (χ3n) is 5.36. The lowest BCUT2D eigenvalue weighted by Crippen LogP contribution is -2.40. The summed E-state index contributed by atoms with van der Waals surface area (Å²) in [5.41, 5.74) is 3.05. The summed E-state index contributed by atoms with van der Waals surface area (Å²) in [4.78, 5) is 26.8. The Morgan fingerprint density at radius 2 is 2.12 bits per heavy atom. The van der Waals surface area contributed by atoms with Crippen LogP contribution in [0, 0.1) is 13.8 Å². The van der Waals surface area contributed by atoms with Crippen LogP contribution in [-0.2, 0) is 24.8 Å². The summed E-state index contributed by atoms with van der Waals surface area (Å²) in [5, 5.41) is 11.6. The van der Waals surface area contributed by atoms with E-state index in [-0.39, 0.29) is 17.5 Å². The van der Waals surface area contributed by atoms with Gasteiger partial charge in [0.2, 0.25) is 5.91 Å². The van der Waals surface area contributed by atoms with Gasteiger partial charge >= 0.3 is 5.69 Å². The smallest absolute Gasteiger partial charge is 0.342 e. The van der Waals surface area contributed by atoms with E-state index in [1.807, 2.05) is 25.7 Å². The Morgan fingerprint density at radius 3 is 2.77 bits per heavy atom. The van der Waals surface area contributed by atoms with E-state index in [0.29, 0.717) is 25.9 Å². The number of hydrogen-bond donors (Lipinski definition) is 1. The minimum absolute atomic E-state index is 0.0862. The molecular formula is C18H28N6O2. The number of amides is 1. The van der Waals surface area contributed by atoms with Crippen LogP contribution in [0.25, 0.3) is 0 Å². The minimum atomic E-state index is -0.0862. The largest absolute Gasteiger partial charge is 0.345 e. The Hall–Kier alpha value is -2.38. The molecule has 0 aromatic carbocycles. The highest BCUT2D eigenvalue weighted by atomic mass is 16.2. The van der Waals surface area contributed by atoms with Gasteiger partial charge in [-0.25, -0.2) is 9.48 Å². The number of carbonyl (C=O) groups excluding carboxylic acids is 1. The van der Waals surface area contributed by atoms with E-state index in [0.717, 1.165) is 42.2 Å². The van der Waals surface area contributed by atoms with Crippen molar-refractivity contribution in [1.29, 1.82) is 0 Å². The molecule has 1 unspecified atom stereocenters. The quantitative estimate of drug-likeness (QED) is 0.870. The van der Waals surface area contributed by atoms with Gasteiger partial charge in [0.05, 0.1) is 5.69 Å². The van der Waals surface area contributed by atoms with Crippen LogP contribution in [0.15, 0.2) is 4.79 Å². The van der Waals surface area contributed by atoms with Gasteiger partial charge in [0.1, 0.15) is 5.82 Å². The molecule has 0 bridgehead atoms. The third-order valence-corrected chi connectivity index (χ3v) is 5.36. The van der Waals surface area contributed by atoms with Crippen molar-refractivity contribution in [3.8, 4) is 0 Å². The molecule has 1 aliphatic heterocycles. The van der Waals surface area contributed by atoms with Crippen molar-refractivity contribution in [2.45, 2.75) is 58.9 Å². The van der Waals surface area contributed by atoms with Crippen molar-refractivity contribution in [3.05, 3.63) is 33.3 Å². The van der Waals surface area contributed by atoms with Crippen LogP contribution in [0.3, 0.4) is 0 Å². The average molecular weight is 360 g/mol. The summed E-state index contributed by atoms with van der Waals surface area (Å²) in [5.74, 6) is 1.09. The van der Waals surface area contributed by atoms with Crippen molar-refractivity contribution < 1.29 is 4.79 Å². The van der Waals surface area contributed by atoms with Crippen LogP contribution in [-0.4, -0.2) is 48.4 Å². The number of likely N-dealkylation sites (tertiary alicyclic amines) is 1. The Balaban J connectivity index is 1.67. The first-order valence-corrected chi connectivity index (χ1v) is 9.34. The van der Waals surface area contributed by atoms with Crippen LogP contribution in [0.4, 0.5) is 0 Å². The molecule has 8 nitrogen and oxygen atoms in total. The molecule has 0 saturated carbocycles. The number of carbonyl (C=O) groups is 1. The van der Waals surface area contributed by atoms with Gasteiger partial charge in [0, 0.05) is 44.7 Å². The average Bonchev–Trinajstić information content (AvgIpc) is 3.12. The van der Waals surface area contributed by atoms with Crippen LogP contribution < -0.4 is 5.69 Å². The fourth-order valence-corrected chi connectivity index (χ4v) is 3.87. The normalized spacial score (nSPS) is 17.7. The summed E-state index contributed by atoms with van der Waals surface area (Å²) >= 11 is 0. The predicted octanol–water partition coefficient (Wildman–Crippen LogP) is 1.28. The molecule has 1 atom stereocenters. The number of aromatic nitrogens is 5. The standard InChI is InChI=1S/C18H28N6O2/c1-5-24-17(21-22(4)18(24)26)14-7-6-10-23(11-14)16(25)9-8-15-12(2)19-20-13(15)3/h14H,5-11H2,1-4H3,(H,19,20). The maximum absolute atomic E-state index is 12.7. The molecule has 0 radical (unpaired) electrons. The molecule has 26 heavy (non-hydrogen) atoms. The van der Waals surface area contributed by atoms with E-state index in [9.17, 15) is 9.59 Å². The zero-order valence-corrected chi connectivity index (χ0v) is 16.1. The molecule has 1 saturated heterocycles. The van der Waals surface area contributed by atoms with Crippen LogP contribution >= 0.6 is 0 Å². The lowest BCUT2D eigenvalue weighted by molar-refractivity contribution is -0.132. The summed E-state index contributed by atoms with van der Waals surface area (Å²) in [7, 11) is 1.68. The number of piperidine rings is 1. The predicted molar refractivity (Wildman–Crippen MR) is 98.1 cm³/mol. The molecule has 1 fully saturated rings. The number of H-pyrrole nitrogens is 1. The minimum Gasteiger partial charge on any atom is -0.342 e. The van der Waals surface area contributed by atoms with E-state index in [1.165, 1.54) is 4.68 Å². The topological polar surface area (TPSA) is 88.8 Å². The van der Waals surface area contributed by atoms with Crippen LogP contribution in [0.2, 0.25) is 0 Å². The molecule has 0 aliphatic carbocycles. The van der Waals surface area contributed by atoms with Crippen molar-refractivity contribution >= 4 is 5.91 Å². The van der Waals surface area contributed by atoms with E-state index in [1.54, 1.807) is 11.6 Å². The van der Waals surface area contributed by atoms with Gasteiger partial charge in [-0.1, -0.05) is 0 Å². The van der Waals surface area contributed by atoms with Gasteiger partial charge in [-0.2, -0.15) is 10.2 Å². The van der Waals surface area contributed by atoms with Gasteiger partial charge in [0.25, 0.3) is 0 Å². The lowest BCUT2D eigenvalue weighted by Gasteiger charge is -2.32. The second-order valence-corrected chi connectivity index (χ2v) is 7.10. The van der Waals surface area contributed by atoms with Crippen molar-refractivity contribution in [2.24, 2.45) is 7.05 Å². The number of nitrogens with zero attached hydrogens (tertiary/aromatic N) is 5. The molecule has 3 rings (SSSR count). The maximum Gasteiger partial charge on any atom is 0.345 e. The second kappa shape index (κ2) is 7.47. The Kier molecular flexibility index (Phi) is 5.29. The van der Waals surface area contributed by atoms with Crippen LogP contribution in [0.1, 0.15) is 54.9 Å². The van der Waals surface area contributed by atoms with Gasteiger partial charge in [-0.05, 0) is 45.6 Å². The molecule has 1 N–H and O–H groups in total. The van der Waals surface area contributed by atoms with E-state index < -0.39 is 0 Å². The monoisotopic (exact) mass is 360 g/mol. The molecule has 1 aliphatic rings. The SMILES string of the molecule is CCn1c(C2CCCN(C(=O)CCc3c(C)n[nH]c3C)C2)nn(C)c1=O. The van der Waals surface area contributed by atoms with Crippen molar-refractivity contribution in [3.63, 3.8) is 0 Å². The van der Waals surface area contributed by atoms with Gasteiger partial charge in [-0.15, -0.1) is 0 Å². The molecule has 0 spiro atoms. The Morgan fingerprint density at radius 1 is 1.35 bits per heavy atom. The highest BCUT2D eigenvalue weighted by Gasteiger charge is 2.28. The first-order chi connectivity index (χ1) is 12.4. The molecule has 8 heteroatoms. The van der Waals surface area contributed by atoms with Gasteiger partial charge < -0.3 is 4.90 Å². The highest BCUT2D eigenvalue weighted by Crippen LogP contribution is 2.26. The molecule has 2 aromatic rings. The number of aryl methyl sites for hydroxylation is 3. The summed E-state index contributed by atoms with van der Waals surface area (Å²) in [6.07, 6.45) is 3.09. The first-order valence-electron chi connectivity index (χ1n) is 9.34. The maximum atomic E-state index is 12.7. The number of rotatable bonds is 5. The van der Waals surface area contributed by atoms with E-state index >= 15 is 0 Å². The first kappa shape index (κ1) is 18.4. The second-order valence-electron chi connectivity index (χ2n) is 7.10. The van der Waals surface area contributed by atoms with E-state index in [4.69, 9.17) is 0 Å².